The van der Waals surface area contributed by atoms with Crippen LogP contribution in [0.2, 0.25) is 0 Å². The lowest BCUT2D eigenvalue weighted by Gasteiger charge is -2.35. The van der Waals surface area contributed by atoms with Gasteiger partial charge in [-0.15, -0.1) is 0 Å². The Balaban J connectivity index is 0.630. The molecule has 0 bridgehead atoms. The van der Waals surface area contributed by atoms with Gasteiger partial charge in [0.15, 0.2) is 10.8 Å². The SMILES string of the molecule is Cc1cc(OC2CCC(CCCCN3CCN(c4ccc5c(n4)N(C)NC5C4CCC(=O)NC4=O)CC3)CC2)ccc1-c1ccc(N2CCc3cccc(C(=O)Nc4nc5ccccc5s4)c3C2)nc1C(=O)O. The number of aromatic carboxylic acids is 1. The molecule has 0 spiro atoms. The highest BCUT2D eigenvalue weighted by Crippen LogP contribution is 2.40. The highest BCUT2D eigenvalue weighted by atomic mass is 32.1. The van der Waals surface area contributed by atoms with Crippen LogP contribution in [-0.2, 0) is 22.6 Å². The molecule has 1 aliphatic carbocycles. The molecule has 2 unspecified atom stereocenters. The second-order valence-electron chi connectivity index (χ2n) is 20.3. The molecule has 2 saturated heterocycles. The molecule has 4 N–H and O–H groups in total. The second-order valence-corrected chi connectivity index (χ2v) is 21.3. The van der Waals surface area contributed by atoms with Crippen LogP contribution in [-0.4, -0.2) is 101 Å². The number of pyridine rings is 2. The van der Waals surface area contributed by atoms with Gasteiger partial charge in [0.2, 0.25) is 11.8 Å². The molecule has 378 valence electrons. The zero-order valence-corrected chi connectivity index (χ0v) is 42.3. The minimum atomic E-state index is -1.10. The Morgan fingerprint density at radius 3 is 2.41 bits per heavy atom. The third-order valence-electron chi connectivity index (χ3n) is 15.6. The predicted octanol–water partition coefficient (Wildman–Crippen LogP) is 8.55. The number of aryl methyl sites for hydroxylation is 1. The van der Waals surface area contributed by atoms with Crippen LogP contribution in [0.25, 0.3) is 21.3 Å². The van der Waals surface area contributed by atoms with E-state index in [0.717, 1.165) is 120 Å². The number of thiazole rings is 1. The van der Waals surface area contributed by atoms with E-state index < -0.39 is 5.97 Å². The lowest BCUT2D eigenvalue weighted by Crippen LogP contribution is -2.47. The number of carbonyl (C=O) groups excluding carboxylic acids is 3. The van der Waals surface area contributed by atoms with Gasteiger partial charge in [-0.3, -0.25) is 34.9 Å². The number of unbranched alkanes of at least 4 members (excludes halogenated alkanes) is 1. The molecule has 73 heavy (non-hydrogen) atoms. The number of hydrogen-bond acceptors (Lipinski definition) is 14. The molecule has 4 aliphatic heterocycles. The van der Waals surface area contributed by atoms with Gasteiger partial charge in [0.05, 0.1) is 28.3 Å². The van der Waals surface area contributed by atoms with E-state index in [9.17, 15) is 24.3 Å². The van der Waals surface area contributed by atoms with E-state index in [1.807, 2.05) is 96.7 Å². The number of carbonyl (C=O) groups is 4. The van der Waals surface area contributed by atoms with E-state index in [2.05, 4.69) is 43.0 Å². The number of para-hydroxylation sites is 1. The molecule has 6 aromatic rings. The average molecular weight is 1000 g/mol. The maximum atomic E-state index is 13.6. The summed E-state index contributed by atoms with van der Waals surface area (Å²) in [5.74, 6) is 1.83. The highest BCUT2D eigenvalue weighted by Gasteiger charge is 2.40. The molecule has 2 atom stereocenters. The van der Waals surface area contributed by atoms with Crippen molar-refractivity contribution >= 4 is 67.8 Å². The van der Waals surface area contributed by atoms with Crippen molar-refractivity contribution in [3.8, 4) is 16.9 Å². The lowest BCUT2D eigenvalue weighted by atomic mass is 9.84. The van der Waals surface area contributed by atoms with E-state index in [4.69, 9.17) is 14.7 Å². The normalized spacial score (nSPS) is 21.2. The second kappa shape index (κ2) is 20.9. The number of hydrogen-bond donors (Lipinski definition) is 4. The number of anilines is 4. The smallest absolute Gasteiger partial charge is 0.355 e. The number of hydrazine groups is 1. The number of piperidine rings is 1. The van der Waals surface area contributed by atoms with Crippen molar-refractivity contribution in [2.75, 3.05) is 66.4 Å². The molecule has 11 rings (SSSR count). The van der Waals surface area contributed by atoms with Crippen LogP contribution in [0.5, 0.6) is 5.75 Å². The molecule has 3 aromatic carbocycles. The van der Waals surface area contributed by atoms with Gasteiger partial charge >= 0.3 is 5.97 Å². The standard InChI is InChI=1S/C56H62N10O6S/c1-34-32-38(17-18-39(34)40-19-22-47(58-51(40)55(70)71)66-27-25-36-9-7-10-41(44(36)33-66)53(68)61-56-57-45-11-3-4-12-46(45)73-56)72-37-15-13-35(14-16-37)8-5-6-26-64-28-30-65(31-29-64)48-23-20-42-50(62-63(2)52(42)59-48)43-21-24-49(67)60-54(43)69/h3-4,7,9-12,17-20,22-23,32,35,37,43,50,62H,5-6,8,13-16,21,24-31,33H2,1-2H3,(H,70,71)(H,57,61,68)(H,60,67,69). The van der Waals surface area contributed by atoms with Crippen molar-refractivity contribution in [2.24, 2.45) is 11.8 Å². The fourth-order valence-corrected chi connectivity index (χ4v) is 12.5. The largest absolute Gasteiger partial charge is 0.490 e. The molecular weight excluding hydrogens is 941 g/mol. The topological polar surface area (TPSA) is 185 Å². The van der Waals surface area contributed by atoms with Crippen LogP contribution in [0.3, 0.4) is 0 Å². The summed E-state index contributed by atoms with van der Waals surface area (Å²) >= 11 is 1.44. The summed E-state index contributed by atoms with van der Waals surface area (Å²) in [4.78, 5) is 72.1. The Kier molecular flexibility index (Phi) is 13.8. The maximum absolute atomic E-state index is 13.6. The van der Waals surface area contributed by atoms with Gasteiger partial charge in [0, 0.05) is 69.4 Å². The number of fused-ring (bicyclic) bond motifs is 3. The zero-order valence-electron chi connectivity index (χ0n) is 41.4. The number of carboxylic acid groups (broad SMARTS) is 1. The number of nitrogens with zero attached hydrogens (tertiary/aromatic N) is 7. The summed E-state index contributed by atoms with van der Waals surface area (Å²) < 4.78 is 7.55. The zero-order chi connectivity index (χ0) is 50.2. The summed E-state index contributed by atoms with van der Waals surface area (Å²) in [6.07, 6.45) is 9.78. The third kappa shape index (κ3) is 10.4. The van der Waals surface area contributed by atoms with E-state index >= 15 is 0 Å². The van der Waals surface area contributed by atoms with E-state index in [0.29, 0.717) is 54.4 Å². The molecule has 3 amide bonds. The van der Waals surface area contributed by atoms with Gasteiger partial charge in [0.1, 0.15) is 23.2 Å². The number of amides is 3. The van der Waals surface area contributed by atoms with Crippen molar-refractivity contribution < 1.29 is 29.0 Å². The molecule has 0 radical (unpaired) electrons. The lowest BCUT2D eigenvalue weighted by molar-refractivity contribution is -0.137. The van der Waals surface area contributed by atoms with E-state index in [1.165, 1.54) is 30.6 Å². The van der Waals surface area contributed by atoms with Gasteiger partial charge < -0.3 is 19.6 Å². The number of imide groups is 1. The van der Waals surface area contributed by atoms with E-state index in [1.54, 1.807) is 0 Å². The number of benzene rings is 3. The van der Waals surface area contributed by atoms with Crippen molar-refractivity contribution in [3.05, 3.63) is 118 Å². The Morgan fingerprint density at radius 1 is 0.822 bits per heavy atom. The Hall–Kier alpha value is -6.95. The number of aromatic nitrogens is 3. The fourth-order valence-electron chi connectivity index (χ4n) is 11.6. The minimum absolute atomic E-state index is 0.0114. The fraction of sp³-hybridized carbons (Fsp3) is 0.411. The van der Waals surface area contributed by atoms with E-state index in [-0.39, 0.29) is 41.5 Å². The van der Waals surface area contributed by atoms with Crippen molar-refractivity contribution in [3.63, 3.8) is 0 Å². The highest BCUT2D eigenvalue weighted by molar-refractivity contribution is 7.22. The first-order valence-corrected chi connectivity index (χ1v) is 26.7. The average Bonchev–Trinajstić information content (AvgIpc) is 3.97. The van der Waals surface area contributed by atoms with Crippen LogP contribution in [0.1, 0.15) is 107 Å². The van der Waals surface area contributed by atoms with Gasteiger partial charge in [-0.25, -0.2) is 25.2 Å². The molecule has 3 fully saturated rings. The number of rotatable bonds is 14. The number of piperazine rings is 1. The first kappa shape index (κ1) is 48.3. The molecule has 1 saturated carbocycles. The Labute approximate surface area is 429 Å². The van der Waals surface area contributed by atoms with Crippen molar-refractivity contribution in [2.45, 2.75) is 89.8 Å². The van der Waals surface area contributed by atoms with Gasteiger partial charge in [-0.05, 0) is 141 Å². The monoisotopic (exact) mass is 1000 g/mol. The first-order valence-electron chi connectivity index (χ1n) is 25.9. The summed E-state index contributed by atoms with van der Waals surface area (Å²) in [6.45, 7) is 8.02. The maximum Gasteiger partial charge on any atom is 0.355 e. The van der Waals surface area contributed by atoms with Gasteiger partial charge in [-0.2, -0.15) is 0 Å². The molecule has 5 aliphatic rings. The summed E-state index contributed by atoms with van der Waals surface area (Å²) in [6, 6.07) is 27.2. The van der Waals surface area contributed by atoms with Crippen LogP contribution >= 0.6 is 11.3 Å². The number of carboxylic acids is 1. The molecule has 17 heteroatoms. The molecular formula is C56H62N10O6S. The van der Waals surface area contributed by atoms with Crippen molar-refractivity contribution in [1.29, 1.82) is 0 Å². The van der Waals surface area contributed by atoms with Gasteiger partial charge in [0.25, 0.3) is 5.91 Å². The molecule has 3 aromatic heterocycles. The third-order valence-corrected chi connectivity index (χ3v) is 16.6. The molecule has 16 nitrogen and oxygen atoms in total. The van der Waals surface area contributed by atoms with Crippen LogP contribution < -0.4 is 35.6 Å². The Bertz CT molecular complexity index is 3040. The minimum Gasteiger partial charge on any atom is -0.490 e. The Morgan fingerprint density at radius 2 is 1.62 bits per heavy atom. The molecule has 7 heterocycles. The van der Waals surface area contributed by atoms with Gasteiger partial charge in [-0.1, -0.05) is 54.5 Å². The summed E-state index contributed by atoms with van der Waals surface area (Å²) in [7, 11) is 1.93. The quantitative estimate of drug-likeness (QED) is 0.0601. The first-order chi connectivity index (χ1) is 35.5. The number of nitrogens with one attached hydrogen (secondary N) is 3. The predicted molar refractivity (Wildman–Crippen MR) is 283 cm³/mol. The summed E-state index contributed by atoms with van der Waals surface area (Å²) in [5.41, 5.74) is 10.1. The summed E-state index contributed by atoms with van der Waals surface area (Å²) in [5, 5.41) is 18.4. The van der Waals surface area contributed by atoms with Crippen LogP contribution in [0, 0.1) is 18.8 Å². The number of ether oxygens (including phenoxy) is 1. The van der Waals surface area contributed by atoms with Crippen LogP contribution in [0.4, 0.5) is 22.6 Å². The van der Waals surface area contributed by atoms with Crippen molar-refractivity contribution in [1.82, 2.24) is 30.6 Å². The van der Waals surface area contributed by atoms with Crippen LogP contribution in [0.15, 0.2) is 84.9 Å².